The molecule has 2 aromatic rings. The second kappa shape index (κ2) is 9.28. The van der Waals surface area contributed by atoms with E-state index in [2.05, 4.69) is 16.2 Å². The fourth-order valence-corrected chi connectivity index (χ4v) is 2.74. The summed E-state index contributed by atoms with van der Waals surface area (Å²) >= 11 is 6.26. The molecule has 0 aliphatic carbocycles. The third-order valence-corrected chi connectivity index (χ3v) is 4.69. The van der Waals surface area contributed by atoms with Gasteiger partial charge in [-0.3, -0.25) is 20.4 Å². The number of allylic oxidation sites excluding steroid dienone is 2. The van der Waals surface area contributed by atoms with E-state index < -0.39 is 0 Å². The number of aliphatic hydroxyl groups excluding tert-OH is 1. The summed E-state index contributed by atoms with van der Waals surface area (Å²) in [5, 5.41) is 13.0. The molecule has 0 aliphatic heterocycles. The highest BCUT2D eigenvalue weighted by Gasteiger charge is 2.13. The fraction of sp³-hybridized carbons (Fsp3) is 0.238. The normalized spacial score (nSPS) is 11.5. The Balaban J connectivity index is 2.14. The van der Waals surface area contributed by atoms with E-state index in [-0.39, 0.29) is 23.1 Å². The molecule has 0 saturated carbocycles. The van der Waals surface area contributed by atoms with Gasteiger partial charge in [0, 0.05) is 24.6 Å². The Morgan fingerprint density at radius 2 is 1.82 bits per heavy atom. The van der Waals surface area contributed by atoms with Crippen LogP contribution in [0.4, 0.5) is 11.4 Å². The molecule has 0 radical (unpaired) electrons. The molecule has 6 nitrogen and oxygen atoms in total. The van der Waals surface area contributed by atoms with Crippen molar-refractivity contribution in [3.05, 3.63) is 69.6 Å². The second-order valence-electron chi connectivity index (χ2n) is 6.38. The summed E-state index contributed by atoms with van der Waals surface area (Å²) < 4.78 is 0. The number of ketones is 1. The molecule has 0 unspecified atom stereocenters. The first-order valence-electron chi connectivity index (χ1n) is 8.86. The Labute approximate surface area is 169 Å². The standard InChI is InChI=1S/C21H24ClN3O3/c1-5-19(27)20(14(4)26)25-24-18-10-9-15(11-16(18)22)21(28)23-17-8-6-7-12(2)13(17)3/h6-11,24-25,27H,5H2,1-4H3,(H,23,28)/b20-19-. The highest BCUT2D eigenvalue weighted by atomic mass is 35.5. The van der Waals surface area contributed by atoms with Crippen LogP contribution in [0.1, 0.15) is 41.8 Å². The van der Waals surface area contributed by atoms with E-state index in [1.165, 1.54) is 13.0 Å². The van der Waals surface area contributed by atoms with Gasteiger partial charge in [0.15, 0.2) is 5.78 Å². The van der Waals surface area contributed by atoms with Gasteiger partial charge in [0.05, 0.1) is 10.7 Å². The number of aryl methyl sites for hydroxylation is 1. The summed E-state index contributed by atoms with van der Waals surface area (Å²) in [4.78, 5) is 24.1. The van der Waals surface area contributed by atoms with Gasteiger partial charge in [-0.15, -0.1) is 0 Å². The van der Waals surface area contributed by atoms with Gasteiger partial charge >= 0.3 is 0 Å². The number of aliphatic hydroxyl groups is 1. The second-order valence-corrected chi connectivity index (χ2v) is 6.78. The van der Waals surface area contributed by atoms with E-state index in [0.717, 1.165) is 16.8 Å². The topological polar surface area (TPSA) is 90.5 Å². The van der Waals surface area contributed by atoms with E-state index >= 15 is 0 Å². The van der Waals surface area contributed by atoms with Gasteiger partial charge in [-0.2, -0.15) is 0 Å². The predicted molar refractivity (Wildman–Crippen MR) is 113 cm³/mol. The molecule has 4 N–H and O–H groups in total. The first-order chi connectivity index (χ1) is 13.2. The molecule has 0 aromatic heterocycles. The Hall–Kier alpha value is -2.99. The van der Waals surface area contributed by atoms with Crippen LogP contribution in [0.2, 0.25) is 5.02 Å². The predicted octanol–water partition coefficient (Wildman–Crippen LogP) is 4.89. The summed E-state index contributed by atoms with van der Waals surface area (Å²) in [5.41, 5.74) is 9.23. The van der Waals surface area contributed by atoms with Crippen LogP contribution >= 0.6 is 11.6 Å². The fourth-order valence-electron chi connectivity index (χ4n) is 2.51. The number of halogens is 1. The maximum absolute atomic E-state index is 12.5. The third-order valence-electron chi connectivity index (χ3n) is 4.38. The molecular formula is C21H24ClN3O3. The van der Waals surface area contributed by atoms with Crippen LogP contribution in [0.15, 0.2) is 47.9 Å². The van der Waals surface area contributed by atoms with Gasteiger partial charge in [0.1, 0.15) is 11.5 Å². The Kier molecular flexibility index (Phi) is 7.06. The molecule has 0 atom stereocenters. The summed E-state index contributed by atoms with van der Waals surface area (Å²) in [7, 11) is 0. The molecule has 2 aromatic carbocycles. The first kappa shape index (κ1) is 21.3. The van der Waals surface area contributed by atoms with Crippen LogP contribution in [-0.4, -0.2) is 16.8 Å². The van der Waals surface area contributed by atoms with Crippen LogP contribution in [0.3, 0.4) is 0 Å². The SMILES string of the molecule is CC/C(O)=C(/NNc1ccc(C(=O)Nc2cccc(C)c2C)cc1Cl)C(C)=O. The van der Waals surface area contributed by atoms with Crippen molar-refractivity contribution < 1.29 is 14.7 Å². The quantitative estimate of drug-likeness (QED) is 0.301. The van der Waals surface area contributed by atoms with Crippen LogP contribution in [0.25, 0.3) is 0 Å². The van der Waals surface area contributed by atoms with E-state index in [1.807, 2.05) is 32.0 Å². The minimum Gasteiger partial charge on any atom is -0.510 e. The number of hydrogen-bond acceptors (Lipinski definition) is 5. The molecule has 0 bridgehead atoms. The third kappa shape index (κ3) is 5.04. The number of carbonyl (C=O) groups excluding carboxylic acids is 2. The molecule has 2 rings (SSSR count). The Morgan fingerprint density at radius 1 is 1.11 bits per heavy atom. The lowest BCUT2D eigenvalue weighted by Gasteiger charge is -2.15. The lowest BCUT2D eigenvalue weighted by Crippen LogP contribution is -2.27. The number of anilines is 2. The van der Waals surface area contributed by atoms with E-state index in [9.17, 15) is 14.7 Å². The van der Waals surface area contributed by atoms with Crippen molar-refractivity contribution >= 4 is 34.7 Å². The summed E-state index contributed by atoms with van der Waals surface area (Å²) in [5.74, 6) is -0.642. The first-order valence-corrected chi connectivity index (χ1v) is 9.24. The highest BCUT2D eigenvalue weighted by molar-refractivity contribution is 6.33. The van der Waals surface area contributed by atoms with Crippen molar-refractivity contribution in [2.45, 2.75) is 34.1 Å². The number of hydrogen-bond donors (Lipinski definition) is 4. The average molecular weight is 402 g/mol. The lowest BCUT2D eigenvalue weighted by molar-refractivity contribution is -0.114. The maximum atomic E-state index is 12.5. The zero-order chi connectivity index (χ0) is 20.8. The molecule has 0 heterocycles. The van der Waals surface area contributed by atoms with Crippen molar-refractivity contribution in [3.8, 4) is 0 Å². The maximum Gasteiger partial charge on any atom is 0.255 e. The summed E-state index contributed by atoms with van der Waals surface area (Å²) in [6.07, 6.45) is 0.314. The van der Waals surface area contributed by atoms with Crippen LogP contribution < -0.4 is 16.2 Å². The van der Waals surface area contributed by atoms with E-state index in [0.29, 0.717) is 22.7 Å². The lowest BCUT2D eigenvalue weighted by atomic mass is 10.1. The van der Waals surface area contributed by atoms with Gasteiger partial charge in [-0.05, 0) is 49.2 Å². The van der Waals surface area contributed by atoms with E-state index in [1.54, 1.807) is 19.1 Å². The number of amides is 1. The van der Waals surface area contributed by atoms with Crippen LogP contribution in [0, 0.1) is 13.8 Å². The van der Waals surface area contributed by atoms with Crippen molar-refractivity contribution in [2.75, 3.05) is 10.7 Å². The van der Waals surface area contributed by atoms with Crippen molar-refractivity contribution in [3.63, 3.8) is 0 Å². The molecule has 7 heteroatoms. The van der Waals surface area contributed by atoms with Gasteiger partial charge in [0.25, 0.3) is 5.91 Å². The summed E-state index contributed by atoms with van der Waals surface area (Å²) in [6.45, 7) is 7.01. The van der Waals surface area contributed by atoms with Gasteiger partial charge in [-0.1, -0.05) is 30.7 Å². The molecule has 1 amide bonds. The minimum absolute atomic E-state index is 0.0550. The molecule has 148 valence electrons. The largest absolute Gasteiger partial charge is 0.510 e. The van der Waals surface area contributed by atoms with Crippen LogP contribution in [-0.2, 0) is 4.79 Å². The molecule has 0 saturated heterocycles. The highest BCUT2D eigenvalue weighted by Crippen LogP contribution is 2.24. The summed E-state index contributed by atoms with van der Waals surface area (Å²) in [6, 6.07) is 10.5. The molecular weight excluding hydrogens is 378 g/mol. The number of nitrogens with one attached hydrogen (secondary N) is 3. The zero-order valence-electron chi connectivity index (χ0n) is 16.3. The number of rotatable bonds is 7. The van der Waals surface area contributed by atoms with E-state index in [4.69, 9.17) is 11.6 Å². The van der Waals surface area contributed by atoms with Gasteiger partial charge in [-0.25, -0.2) is 0 Å². The van der Waals surface area contributed by atoms with Crippen molar-refractivity contribution in [1.82, 2.24) is 5.43 Å². The van der Waals surface area contributed by atoms with Crippen LogP contribution in [0.5, 0.6) is 0 Å². The number of Topliss-reactive ketones (excluding diaryl/α,β-unsaturated/α-hetero) is 1. The molecule has 28 heavy (non-hydrogen) atoms. The number of benzene rings is 2. The zero-order valence-corrected chi connectivity index (χ0v) is 17.1. The van der Waals surface area contributed by atoms with Crippen molar-refractivity contribution in [2.24, 2.45) is 0 Å². The average Bonchev–Trinajstić information content (AvgIpc) is 2.66. The Morgan fingerprint density at radius 3 is 2.43 bits per heavy atom. The number of carbonyl (C=O) groups is 2. The molecule has 0 spiro atoms. The number of hydrazine groups is 1. The molecule has 0 aliphatic rings. The monoisotopic (exact) mass is 401 g/mol. The Bertz CT molecular complexity index is 938. The van der Waals surface area contributed by atoms with Gasteiger partial charge in [0.2, 0.25) is 0 Å². The molecule has 0 fully saturated rings. The van der Waals surface area contributed by atoms with Gasteiger partial charge < -0.3 is 10.4 Å². The smallest absolute Gasteiger partial charge is 0.255 e. The van der Waals surface area contributed by atoms with Crippen molar-refractivity contribution in [1.29, 1.82) is 0 Å². The minimum atomic E-state index is -0.313.